The number of aromatic nitrogens is 2. The fourth-order valence-electron chi connectivity index (χ4n) is 2.74. The Kier molecular flexibility index (Phi) is 6.94. The lowest BCUT2D eigenvalue weighted by Gasteiger charge is -2.07. The van der Waals surface area contributed by atoms with E-state index in [-0.39, 0.29) is 11.7 Å². The molecule has 0 atom stereocenters. The summed E-state index contributed by atoms with van der Waals surface area (Å²) >= 11 is 0. The molecule has 3 rings (SSSR count). The van der Waals surface area contributed by atoms with Gasteiger partial charge in [-0.1, -0.05) is 0 Å². The van der Waals surface area contributed by atoms with Crippen molar-refractivity contribution in [2.45, 2.75) is 19.3 Å². The first-order chi connectivity index (χ1) is 14.1. The van der Waals surface area contributed by atoms with Crippen LogP contribution < -0.4 is 5.32 Å². The second-order valence-electron chi connectivity index (χ2n) is 6.42. The van der Waals surface area contributed by atoms with Crippen molar-refractivity contribution >= 4 is 17.5 Å². The van der Waals surface area contributed by atoms with Gasteiger partial charge in [-0.15, -0.1) is 0 Å². The highest BCUT2D eigenvalue weighted by Crippen LogP contribution is 2.13. The van der Waals surface area contributed by atoms with Crippen molar-refractivity contribution in [3.63, 3.8) is 0 Å². The van der Waals surface area contributed by atoms with Crippen molar-refractivity contribution in [3.8, 4) is 5.69 Å². The predicted molar refractivity (Wildman–Crippen MR) is 109 cm³/mol. The van der Waals surface area contributed by atoms with Gasteiger partial charge in [0.15, 0.2) is 0 Å². The molecule has 29 heavy (non-hydrogen) atoms. The maximum absolute atomic E-state index is 12.1. The summed E-state index contributed by atoms with van der Waals surface area (Å²) in [6, 6.07) is 14.2. The van der Waals surface area contributed by atoms with Crippen LogP contribution in [-0.2, 0) is 4.74 Å². The van der Waals surface area contributed by atoms with Crippen molar-refractivity contribution in [1.29, 1.82) is 0 Å². The van der Waals surface area contributed by atoms with Gasteiger partial charge in [-0.2, -0.15) is 0 Å². The van der Waals surface area contributed by atoms with Gasteiger partial charge >= 0.3 is 5.97 Å². The number of pyridine rings is 1. The lowest BCUT2D eigenvalue weighted by atomic mass is 10.2. The third kappa shape index (κ3) is 5.90. The summed E-state index contributed by atoms with van der Waals surface area (Å²) in [5.41, 5.74) is 1.49. The number of benzene rings is 1. The number of nitrogens with zero attached hydrogens (tertiary/aromatic N) is 3. The van der Waals surface area contributed by atoms with Crippen molar-refractivity contribution in [3.05, 3.63) is 82.8 Å². The third-order valence-electron chi connectivity index (χ3n) is 4.32. The molecule has 0 unspecified atom stereocenters. The second kappa shape index (κ2) is 10.0. The molecule has 0 radical (unpaired) electrons. The first kappa shape index (κ1) is 20.1. The summed E-state index contributed by atoms with van der Waals surface area (Å²) < 4.78 is 7.28. The molecule has 8 nitrogen and oxygen atoms in total. The highest BCUT2D eigenvalue weighted by molar-refractivity contribution is 5.89. The molecule has 0 aliphatic rings. The Labute approximate surface area is 168 Å². The van der Waals surface area contributed by atoms with Crippen molar-refractivity contribution < 1.29 is 14.5 Å². The Morgan fingerprint density at radius 2 is 1.83 bits per heavy atom. The van der Waals surface area contributed by atoms with Crippen LogP contribution in [0.25, 0.3) is 5.69 Å². The largest absolute Gasteiger partial charge is 0.462 e. The molecule has 0 aliphatic carbocycles. The molecule has 2 aromatic heterocycles. The normalized spacial score (nSPS) is 10.5. The van der Waals surface area contributed by atoms with Gasteiger partial charge in [0, 0.05) is 30.7 Å². The molecule has 0 spiro atoms. The molecule has 2 heterocycles. The molecule has 150 valence electrons. The van der Waals surface area contributed by atoms with Gasteiger partial charge in [-0.05, 0) is 61.7 Å². The van der Waals surface area contributed by atoms with Crippen LogP contribution >= 0.6 is 0 Å². The molecule has 8 heteroatoms. The molecule has 0 saturated carbocycles. The SMILES string of the molecule is O=C(OCCCCCNc1ccc([N+](=O)[O-])cn1)c1ccc(-n2cccc2)cc1. The van der Waals surface area contributed by atoms with E-state index in [9.17, 15) is 14.9 Å². The van der Waals surface area contributed by atoms with Gasteiger partial charge in [0.25, 0.3) is 5.69 Å². The molecular formula is C21H22N4O4. The second-order valence-corrected chi connectivity index (χ2v) is 6.42. The monoisotopic (exact) mass is 394 g/mol. The van der Waals surface area contributed by atoms with E-state index in [1.807, 2.05) is 41.2 Å². The lowest BCUT2D eigenvalue weighted by molar-refractivity contribution is -0.385. The van der Waals surface area contributed by atoms with Crippen LogP contribution in [0.5, 0.6) is 0 Å². The Morgan fingerprint density at radius 3 is 2.48 bits per heavy atom. The number of carbonyl (C=O) groups is 1. The number of ether oxygens (including phenoxy) is 1. The zero-order chi connectivity index (χ0) is 20.5. The number of carbonyl (C=O) groups excluding carboxylic acids is 1. The van der Waals surface area contributed by atoms with E-state index < -0.39 is 4.92 Å². The molecular weight excluding hydrogens is 372 g/mol. The number of unbranched alkanes of at least 4 members (excludes halogenated alkanes) is 2. The maximum Gasteiger partial charge on any atom is 0.338 e. The molecule has 1 aromatic carbocycles. The van der Waals surface area contributed by atoms with Gasteiger partial charge < -0.3 is 14.6 Å². The minimum Gasteiger partial charge on any atom is -0.462 e. The van der Waals surface area contributed by atoms with E-state index in [1.165, 1.54) is 12.3 Å². The van der Waals surface area contributed by atoms with Gasteiger partial charge in [0.1, 0.15) is 12.0 Å². The van der Waals surface area contributed by atoms with Crippen molar-refractivity contribution in [1.82, 2.24) is 9.55 Å². The molecule has 0 saturated heterocycles. The van der Waals surface area contributed by atoms with Crippen LogP contribution in [0, 0.1) is 10.1 Å². The molecule has 1 N–H and O–H groups in total. The van der Waals surface area contributed by atoms with Gasteiger partial charge in [0.05, 0.1) is 17.1 Å². The Bertz CT molecular complexity index is 922. The first-order valence-corrected chi connectivity index (χ1v) is 9.38. The van der Waals surface area contributed by atoms with E-state index in [0.717, 1.165) is 24.9 Å². The van der Waals surface area contributed by atoms with E-state index in [2.05, 4.69) is 10.3 Å². The smallest absolute Gasteiger partial charge is 0.338 e. The standard InChI is InChI=1S/C21H22N4O4/c26-21(17-6-8-18(9-7-17)24-13-3-4-14-24)29-15-5-1-2-12-22-20-11-10-19(16-23-20)25(27)28/h3-4,6-11,13-14,16H,1-2,5,12,15H2,(H,22,23). The number of rotatable bonds is 10. The minimum atomic E-state index is -0.478. The van der Waals surface area contributed by atoms with Crippen LogP contribution in [0.4, 0.5) is 11.5 Å². The van der Waals surface area contributed by atoms with Crippen LogP contribution in [0.1, 0.15) is 29.6 Å². The molecule has 0 amide bonds. The summed E-state index contributed by atoms with van der Waals surface area (Å²) in [6.07, 6.45) is 7.65. The van der Waals surface area contributed by atoms with E-state index >= 15 is 0 Å². The highest BCUT2D eigenvalue weighted by Gasteiger charge is 2.07. The zero-order valence-electron chi connectivity index (χ0n) is 15.9. The fraction of sp³-hybridized carbons (Fsp3) is 0.238. The summed E-state index contributed by atoms with van der Waals surface area (Å²) in [7, 11) is 0. The van der Waals surface area contributed by atoms with Gasteiger partial charge in [-0.3, -0.25) is 10.1 Å². The number of hydrogen-bond acceptors (Lipinski definition) is 6. The number of nitro groups is 1. The fourth-order valence-corrected chi connectivity index (χ4v) is 2.74. The van der Waals surface area contributed by atoms with Crippen LogP contribution in [-0.4, -0.2) is 33.6 Å². The molecule has 3 aromatic rings. The number of esters is 1. The number of hydrogen-bond donors (Lipinski definition) is 1. The third-order valence-corrected chi connectivity index (χ3v) is 4.32. The molecule has 0 bridgehead atoms. The molecule has 0 aliphatic heterocycles. The van der Waals surface area contributed by atoms with Crippen molar-refractivity contribution in [2.75, 3.05) is 18.5 Å². The van der Waals surface area contributed by atoms with Gasteiger partial charge in [0.2, 0.25) is 0 Å². The lowest BCUT2D eigenvalue weighted by Crippen LogP contribution is -2.08. The Hall–Kier alpha value is -3.68. The number of anilines is 1. The average molecular weight is 394 g/mol. The van der Waals surface area contributed by atoms with Crippen LogP contribution in [0.3, 0.4) is 0 Å². The summed E-state index contributed by atoms with van der Waals surface area (Å²) in [5.74, 6) is 0.280. The van der Waals surface area contributed by atoms with Gasteiger partial charge in [-0.25, -0.2) is 9.78 Å². The number of nitrogens with one attached hydrogen (secondary N) is 1. The summed E-state index contributed by atoms with van der Waals surface area (Å²) in [5, 5.41) is 13.7. The van der Waals surface area contributed by atoms with Crippen LogP contribution in [0.2, 0.25) is 0 Å². The van der Waals surface area contributed by atoms with Crippen molar-refractivity contribution in [2.24, 2.45) is 0 Å². The Balaban J connectivity index is 1.30. The average Bonchev–Trinajstić information content (AvgIpc) is 3.28. The Morgan fingerprint density at radius 1 is 1.07 bits per heavy atom. The molecule has 0 fully saturated rings. The van der Waals surface area contributed by atoms with E-state index in [0.29, 0.717) is 24.5 Å². The quantitative estimate of drug-likeness (QED) is 0.239. The first-order valence-electron chi connectivity index (χ1n) is 9.38. The zero-order valence-corrected chi connectivity index (χ0v) is 15.9. The van der Waals surface area contributed by atoms with E-state index in [1.54, 1.807) is 18.2 Å². The predicted octanol–water partition coefficient (Wildman–Crippen LogP) is 4.22. The van der Waals surface area contributed by atoms with E-state index in [4.69, 9.17) is 4.74 Å². The highest BCUT2D eigenvalue weighted by atomic mass is 16.6. The summed E-state index contributed by atoms with van der Waals surface area (Å²) in [4.78, 5) is 26.2. The minimum absolute atomic E-state index is 0.0308. The van der Waals surface area contributed by atoms with Crippen LogP contribution in [0.15, 0.2) is 67.1 Å². The maximum atomic E-state index is 12.1. The topological polar surface area (TPSA) is 99.3 Å². The summed E-state index contributed by atoms with van der Waals surface area (Å²) in [6.45, 7) is 1.06.